The molecule has 0 saturated carbocycles. The topological polar surface area (TPSA) is 395 Å². The third-order valence-corrected chi connectivity index (χ3v) is 14.7. The predicted octanol–water partition coefficient (Wildman–Crippen LogP) is 4.81. The number of ketones is 2. The summed E-state index contributed by atoms with van der Waals surface area (Å²) in [6.45, 7) is 5.75. The van der Waals surface area contributed by atoms with E-state index in [2.05, 4.69) is 41.5 Å². The molecule has 78 heavy (non-hydrogen) atoms. The number of para-hydroxylation sites is 1. The number of hydrogen-bond acceptors (Lipinski definition) is 21. The first-order valence-corrected chi connectivity index (χ1v) is 28.3. The summed E-state index contributed by atoms with van der Waals surface area (Å²) >= 11 is 0. The molecule has 5 aromatic rings. The van der Waals surface area contributed by atoms with Crippen molar-refractivity contribution in [1.29, 1.82) is 0 Å². The van der Waals surface area contributed by atoms with Gasteiger partial charge >= 0.3 is 0 Å². The highest BCUT2D eigenvalue weighted by atomic mass is 32.2. The standard InChI is InChI=1S/C49H54N10O16S3/c1-49(2,20-26-74-24-8-7-21-51-38(60)15-9-23-59-39(61)18-19-40(59)62)75-25-10-22-52-46-56-47(54-32-13-5-6-14-35(32)76(65,66)67)58-48(57-46)55-33-17-16-29(27-36(33)77(68,69)70)53-34-28-37(78(71,72)73)43(50)42-41(34)44(63)30-11-3-4-12-31(30)45(42)64/h3-6,11-14,16-19,27-28,53H,7-10,15,20-26,50H2,1-2H3,(H,51,60)(H,65,66,67)(H,68,69,70)(H,71,72,73)(H3,52,54,55,56,57,58). The van der Waals surface area contributed by atoms with Crippen molar-refractivity contribution >= 4 is 106 Å². The molecule has 0 spiro atoms. The van der Waals surface area contributed by atoms with E-state index < -0.39 is 73.5 Å². The van der Waals surface area contributed by atoms with Gasteiger partial charge in [0.15, 0.2) is 11.6 Å². The number of nitrogens with zero attached hydrogens (tertiary/aromatic N) is 4. The Balaban J connectivity index is 0.993. The number of fused-ring (bicyclic) bond motifs is 2. The van der Waals surface area contributed by atoms with Gasteiger partial charge in [-0.2, -0.15) is 40.2 Å². The van der Waals surface area contributed by atoms with Crippen LogP contribution in [0.3, 0.4) is 0 Å². The summed E-state index contributed by atoms with van der Waals surface area (Å²) in [7, 11) is -15.0. The van der Waals surface area contributed by atoms with Crippen LogP contribution in [0, 0.1) is 0 Å². The second-order valence-electron chi connectivity index (χ2n) is 18.2. The molecule has 10 N–H and O–H groups in total. The number of carbonyl (C=O) groups is 5. The van der Waals surface area contributed by atoms with E-state index in [4.69, 9.17) is 15.2 Å². The number of amides is 3. The second kappa shape index (κ2) is 24.3. The summed E-state index contributed by atoms with van der Waals surface area (Å²) in [6, 6.07) is 15.0. The molecule has 1 aliphatic carbocycles. The van der Waals surface area contributed by atoms with Gasteiger partial charge in [-0.15, -0.1) is 0 Å². The molecule has 0 atom stereocenters. The molecule has 0 saturated heterocycles. The Morgan fingerprint density at radius 2 is 1.22 bits per heavy atom. The number of aromatic nitrogens is 3. The molecule has 0 fully saturated rings. The number of nitrogens with one attached hydrogen (secondary N) is 5. The van der Waals surface area contributed by atoms with E-state index in [1.54, 1.807) is 0 Å². The van der Waals surface area contributed by atoms with Crippen LogP contribution in [0.1, 0.15) is 84.2 Å². The molecule has 2 aliphatic rings. The second-order valence-corrected chi connectivity index (χ2v) is 22.3. The van der Waals surface area contributed by atoms with Gasteiger partial charge in [-0.3, -0.25) is 42.5 Å². The Bertz CT molecular complexity index is 3540. The SMILES string of the molecule is CC(C)(CCOCCCCNC(=O)CCCN1C(=O)C=CC1=O)OCCCNc1nc(Nc2ccccc2S(=O)(=O)O)nc(Nc2ccc(Nc3cc(S(=O)(=O)O)c(N)c4c3C(=O)c3ccccc3C4=O)cc2S(=O)(=O)O)n1. The minimum Gasteiger partial charge on any atom is -0.397 e. The van der Waals surface area contributed by atoms with Gasteiger partial charge in [0, 0.05) is 74.8 Å². The van der Waals surface area contributed by atoms with Crippen molar-refractivity contribution in [2.24, 2.45) is 0 Å². The first-order valence-electron chi connectivity index (χ1n) is 23.9. The molecule has 1 aromatic heterocycles. The number of imide groups is 1. The quantitative estimate of drug-likeness (QED) is 0.0145. The highest BCUT2D eigenvalue weighted by Crippen LogP contribution is 2.41. The van der Waals surface area contributed by atoms with Crippen molar-refractivity contribution in [1.82, 2.24) is 25.2 Å². The van der Waals surface area contributed by atoms with E-state index in [0.29, 0.717) is 51.9 Å². The number of ether oxygens (including phenoxy) is 2. The van der Waals surface area contributed by atoms with Gasteiger partial charge in [0.2, 0.25) is 23.8 Å². The predicted molar refractivity (Wildman–Crippen MR) is 282 cm³/mol. The summed E-state index contributed by atoms with van der Waals surface area (Å²) in [4.78, 5) is 74.7. The van der Waals surface area contributed by atoms with E-state index >= 15 is 0 Å². The molecule has 0 bridgehead atoms. The molecule has 1 aliphatic heterocycles. The molecule has 0 unspecified atom stereocenters. The summed E-state index contributed by atoms with van der Waals surface area (Å²) in [5.41, 5.74) is 2.72. The lowest BCUT2D eigenvalue weighted by molar-refractivity contribution is -0.137. The van der Waals surface area contributed by atoms with Crippen molar-refractivity contribution in [2.75, 3.05) is 66.5 Å². The van der Waals surface area contributed by atoms with Gasteiger partial charge in [0.1, 0.15) is 14.7 Å². The van der Waals surface area contributed by atoms with Gasteiger partial charge in [0.05, 0.1) is 39.5 Å². The highest BCUT2D eigenvalue weighted by Gasteiger charge is 2.37. The van der Waals surface area contributed by atoms with Crippen LogP contribution in [-0.4, -0.2) is 133 Å². The Hall–Kier alpha value is -7.77. The summed E-state index contributed by atoms with van der Waals surface area (Å²) in [5, 5.41) is 13.9. The number of unbranched alkanes of at least 4 members (excludes halogenated alkanes) is 1. The average molecular weight is 1140 g/mol. The van der Waals surface area contributed by atoms with Crippen LogP contribution >= 0.6 is 0 Å². The number of carbonyl (C=O) groups excluding carboxylic acids is 5. The van der Waals surface area contributed by atoms with E-state index in [9.17, 15) is 62.9 Å². The largest absolute Gasteiger partial charge is 0.397 e. The zero-order chi connectivity index (χ0) is 56.6. The maximum atomic E-state index is 13.9. The van der Waals surface area contributed by atoms with Crippen LogP contribution in [0.2, 0.25) is 0 Å². The smallest absolute Gasteiger partial charge is 0.296 e. The molecule has 26 nitrogen and oxygen atoms in total. The van der Waals surface area contributed by atoms with Crippen LogP contribution in [0.25, 0.3) is 0 Å². The van der Waals surface area contributed by atoms with Crippen LogP contribution in [0.5, 0.6) is 0 Å². The summed E-state index contributed by atoms with van der Waals surface area (Å²) < 4.78 is 118. The summed E-state index contributed by atoms with van der Waals surface area (Å²) in [5.74, 6) is -3.29. The van der Waals surface area contributed by atoms with Gasteiger partial charge in [-0.05, 0) is 82.3 Å². The first kappa shape index (κ1) is 57.9. The lowest BCUT2D eigenvalue weighted by Gasteiger charge is -2.25. The molecule has 29 heteroatoms. The number of nitrogens with two attached hydrogens (primary N) is 1. The van der Waals surface area contributed by atoms with Gasteiger partial charge in [-0.25, -0.2) is 0 Å². The molecular formula is C49H54N10O16S3. The van der Waals surface area contributed by atoms with Crippen LogP contribution in [0.4, 0.5) is 46.3 Å². The Labute approximate surface area is 447 Å². The molecule has 2 heterocycles. The van der Waals surface area contributed by atoms with E-state index in [1.165, 1.54) is 60.7 Å². The van der Waals surface area contributed by atoms with E-state index in [0.717, 1.165) is 29.2 Å². The van der Waals surface area contributed by atoms with Gasteiger partial charge < -0.3 is 41.8 Å². The fraction of sp³-hybridized carbons (Fsp3) is 0.306. The highest BCUT2D eigenvalue weighted by molar-refractivity contribution is 7.86. The fourth-order valence-corrected chi connectivity index (χ4v) is 10.1. The van der Waals surface area contributed by atoms with Crippen LogP contribution in [-0.2, 0) is 54.2 Å². The van der Waals surface area contributed by atoms with Gasteiger partial charge in [0.25, 0.3) is 42.2 Å². The average Bonchev–Trinajstić information content (AvgIpc) is 3.84. The van der Waals surface area contributed by atoms with Crippen LogP contribution in [0.15, 0.2) is 99.6 Å². The molecule has 3 amide bonds. The van der Waals surface area contributed by atoms with Crippen molar-refractivity contribution in [3.63, 3.8) is 0 Å². The molecular weight excluding hydrogens is 1080 g/mol. The first-order chi connectivity index (χ1) is 36.8. The zero-order valence-electron chi connectivity index (χ0n) is 41.8. The lowest BCUT2D eigenvalue weighted by atomic mass is 9.82. The minimum atomic E-state index is -5.16. The third kappa shape index (κ3) is 14.6. The van der Waals surface area contributed by atoms with Crippen molar-refractivity contribution in [2.45, 2.75) is 72.7 Å². The van der Waals surface area contributed by atoms with E-state index in [1.807, 2.05) is 13.8 Å². The minimum absolute atomic E-state index is 0.0412. The van der Waals surface area contributed by atoms with Crippen molar-refractivity contribution in [3.8, 4) is 0 Å². The maximum Gasteiger partial charge on any atom is 0.296 e. The molecule has 4 aromatic carbocycles. The lowest BCUT2D eigenvalue weighted by Crippen LogP contribution is -2.32. The third-order valence-electron chi connectivity index (χ3n) is 12.0. The van der Waals surface area contributed by atoms with Crippen molar-refractivity contribution in [3.05, 3.63) is 107 Å². The number of benzene rings is 4. The fourth-order valence-electron chi connectivity index (χ4n) is 8.09. The number of nitrogen functional groups attached to an aromatic ring is 1. The zero-order valence-corrected chi connectivity index (χ0v) is 44.3. The Morgan fingerprint density at radius 3 is 1.86 bits per heavy atom. The number of anilines is 8. The number of rotatable bonds is 27. The molecule has 414 valence electrons. The Kier molecular flexibility index (Phi) is 18.0. The summed E-state index contributed by atoms with van der Waals surface area (Å²) in [6.07, 6.45) is 5.29. The van der Waals surface area contributed by atoms with E-state index in [-0.39, 0.29) is 101 Å². The normalized spacial score (nSPS) is 13.6. The van der Waals surface area contributed by atoms with Gasteiger partial charge in [-0.1, -0.05) is 36.4 Å². The number of hydrogen-bond donors (Lipinski definition) is 9. The van der Waals surface area contributed by atoms with Crippen molar-refractivity contribution < 1.29 is 72.4 Å². The molecule has 0 radical (unpaired) electrons. The monoisotopic (exact) mass is 1130 g/mol. The maximum absolute atomic E-state index is 13.9. The Morgan fingerprint density at radius 1 is 0.628 bits per heavy atom. The molecule has 7 rings (SSSR count). The van der Waals surface area contributed by atoms with Crippen LogP contribution < -0.4 is 32.3 Å².